The largest absolute Gasteiger partial charge is 0.493 e. The van der Waals surface area contributed by atoms with Crippen LogP contribution in [0.15, 0.2) is 18.2 Å². The molecule has 0 spiro atoms. The van der Waals surface area contributed by atoms with Crippen LogP contribution < -0.4 is 4.74 Å². The van der Waals surface area contributed by atoms with Crippen LogP contribution in [0, 0.1) is 6.92 Å². The van der Waals surface area contributed by atoms with Gasteiger partial charge in [0.1, 0.15) is 5.75 Å². The lowest BCUT2D eigenvalue weighted by Crippen LogP contribution is -2.15. The maximum Gasteiger partial charge on any atom is 0.336 e. The quantitative estimate of drug-likeness (QED) is 0.769. The number of benzene rings is 1. The third kappa shape index (κ3) is 4.07. The molecule has 17 heavy (non-hydrogen) atoms. The van der Waals surface area contributed by atoms with Gasteiger partial charge in [-0.2, -0.15) is 0 Å². The lowest BCUT2D eigenvalue weighted by molar-refractivity contribution is 0.0695. The van der Waals surface area contributed by atoms with Gasteiger partial charge in [0.2, 0.25) is 0 Å². The van der Waals surface area contributed by atoms with E-state index in [0.29, 0.717) is 23.5 Å². The molecule has 0 heterocycles. The topological polar surface area (TPSA) is 49.8 Å². The normalized spacial score (nSPS) is 10.6. The number of carboxylic acids is 1. The number of hydrogen-bond acceptors (Lipinski definition) is 3. The van der Waals surface area contributed by atoms with Gasteiger partial charge in [-0.1, -0.05) is 6.07 Å². The van der Waals surface area contributed by atoms with Crippen molar-refractivity contribution >= 4 is 5.97 Å². The molecule has 0 saturated carbocycles. The van der Waals surface area contributed by atoms with Crippen LogP contribution in [0.2, 0.25) is 0 Å². The Morgan fingerprint density at radius 2 is 2.12 bits per heavy atom. The van der Waals surface area contributed by atoms with Crippen LogP contribution in [0.3, 0.4) is 0 Å². The van der Waals surface area contributed by atoms with E-state index in [1.54, 1.807) is 25.1 Å². The van der Waals surface area contributed by atoms with Gasteiger partial charge in [-0.05, 0) is 39.6 Å². The van der Waals surface area contributed by atoms with E-state index in [0.717, 1.165) is 13.0 Å². The van der Waals surface area contributed by atoms with Gasteiger partial charge in [-0.15, -0.1) is 0 Å². The average Bonchev–Trinajstić information content (AvgIpc) is 2.25. The molecule has 0 aliphatic rings. The van der Waals surface area contributed by atoms with Gasteiger partial charge in [-0.3, -0.25) is 0 Å². The molecule has 0 unspecified atom stereocenters. The van der Waals surface area contributed by atoms with Crippen LogP contribution in [0.5, 0.6) is 5.75 Å². The van der Waals surface area contributed by atoms with Crippen molar-refractivity contribution in [2.24, 2.45) is 0 Å². The Morgan fingerprint density at radius 1 is 1.41 bits per heavy atom. The summed E-state index contributed by atoms with van der Waals surface area (Å²) in [6, 6.07) is 5.10. The van der Waals surface area contributed by atoms with Crippen LogP contribution >= 0.6 is 0 Å². The van der Waals surface area contributed by atoms with Crippen LogP contribution in [0.4, 0.5) is 0 Å². The first-order valence-electron chi connectivity index (χ1n) is 5.63. The zero-order valence-corrected chi connectivity index (χ0v) is 10.6. The van der Waals surface area contributed by atoms with E-state index in [1.165, 1.54) is 0 Å². The van der Waals surface area contributed by atoms with Crippen LogP contribution in [0.1, 0.15) is 22.3 Å². The summed E-state index contributed by atoms with van der Waals surface area (Å²) in [6.07, 6.45) is 0.920. The predicted molar refractivity (Wildman–Crippen MR) is 66.8 cm³/mol. The highest BCUT2D eigenvalue weighted by molar-refractivity contribution is 5.90. The number of rotatable bonds is 6. The molecule has 4 heteroatoms. The van der Waals surface area contributed by atoms with E-state index in [2.05, 4.69) is 4.90 Å². The van der Waals surface area contributed by atoms with Crippen molar-refractivity contribution in [3.05, 3.63) is 29.3 Å². The second-order valence-electron chi connectivity index (χ2n) is 4.24. The molecule has 0 radical (unpaired) electrons. The molecule has 1 aromatic carbocycles. The van der Waals surface area contributed by atoms with Crippen molar-refractivity contribution in [3.63, 3.8) is 0 Å². The van der Waals surface area contributed by atoms with Crippen LogP contribution in [-0.2, 0) is 0 Å². The molecule has 94 valence electrons. The summed E-state index contributed by atoms with van der Waals surface area (Å²) < 4.78 is 5.59. The fraction of sp³-hybridized carbons (Fsp3) is 0.462. The fourth-order valence-corrected chi connectivity index (χ4v) is 1.57. The van der Waals surface area contributed by atoms with E-state index in [1.807, 2.05) is 14.1 Å². The van der Waals surface area contributed by atoms with Crippen molar-refractivity contribution in [2.75, 3.05) is 27.2 Å². The number of carboxylic acid groups (broad SMARTS) is 1. The summed E-state index contributed by atoms with van der Waals surface area (Å²) in [4.78, 5) is 13.0. The summed E-state index contributed by atoms with van der Waals surface area (Å²) in [7, 11) is 4.02. The van der Waals surface area contributed by atoms with Gasteiger partial charge in [0.25, 0.3) is 0 Å². The second-order valence-corrected chi connectivity index (χ2v) is 4.24. The minimum absolute atomic E-state index is 0.301. The number of nitrogens with zero attached hydrogens (tertiary/aromatic N) is 1. The smallest absolute Gasteiger partial charge is 0.336 e. The van der Waals surface area contributed by atoms with Crippen molar-refractivity contribution in [1.82, 2.24) is 4.90 Å². The molecule has 1 rings (SSSR count). The molecule has 0 saturated heterocycles. The third-order valence-electron chi connectivity index (χ3n) is 2.52. The molecule has 0 aliphatic heterocycles. The first kappa shape index (κ1) is 13.5. The predicted octanol–water partition coefficient (Wildman–Crippen LogP) is 2.02. The Bertz CT molecular complexity index is 388. The van der Waals surface area contributed by atoms with Crippen molar-refractivity contribution in [1.29, 1.82) is 0 Å². The summed E-state index contributed by atoms with van der Waals surface area (Å²) in [6.45, 7) is 3.32. The Kier molecular flexibility index (Phi) is 4.97. The third-order valence-corrected chi connectivity index (χ3v) is 2.52. The van der Waals surface area contributed by atoms with Crippen LogP contribution in [-0.4, -0.2) is 43.2 Å². The molecule has 0 amide bonds. The highest BCUT2D eigenvalue weighted by Crippen LogP contribution is 2.21. The molecule has 0 atom stereocenters. The standard InChI is InChI=1S/C13H19NO3/c1-10-11(13(15)16)6-4-7-12(10)17-9-5-8-14(2)3/h4,6-7H,5,8-9H2,1-3H3,(H,15,16). The first-order chi connectivity index (χ1) is 8.02. The molecule has 1 N–H and O–H groups in total. The Morgan fingerprint density at radius 3 is 2.71 bits per heavy atom. The molecular weight excluding hydrogens is 218 g/mol. The van der Waals surface area contributed by atoms with Crippen LogP contribution in [0.25, 0.3) is 0 Å². The summed E-state index contributed by atoms with van der Waals surface area (Å²) in [5, 5.41) is 8.97. The highest BCUT2D eigenvalue weighted by atomic mass is 16.5. The molecule has 0 aliphatic carbocycles. The first-order valence-corrected chi connectivity index (χ1v) is 5.63. The average molecular weight is 237 g/mol. The van der Waals surface area contributed by atoms with Gasteiger partial charge >= 0.3 is 5.97 Å². The van der Waals surface area contributed by atoms with E-state index in [-0.39, 0.29) is 0 Å². The van der Waals surface area contributed by atoms with Crippen molar-refractivity contribution < 1.29 is 14.6 Å². The molecule has 1 aromatic rings. The summed E-state index contributed by atoms with van der Waals surface area (Å²) >= 11 is 0. The lowest BCUT2D eigenvalue weighted by atomic mass is 10.1. The number of ether oxygens (including phenoxy) is 1. The maximum absolute atomic E-state index is 10.9. The van der Waals surface area contributed by atoms with Crippen molar-refractivity contribution in [2.45, 2.75) is 13.3 Å². The van der Waals surface area contributed by atoms with Gasteiger partial charge in [0.05, 0.1) is 12.2 Å². The van der Waals surface area contributed by atoms with E-state index in [9.17, 15) is 4.79 Å². The van der Waals surface area contributed by atoms with E-state index in [4.69, 9.17) is 9.84 Å². The number of carbonyl (C=O) groups is 1. The van der Waals surface area contributed by atoms with Gasteiger partial charge in [0.15, 0.2) is 0 Å². The summed E-state index contributed by atoms with van der Waals surface area (Å²) in [5.41, 5.74) is 0.986. The molecule has 0 fully saturated rings. The molecular formula is C13H19NO3. The SMILES string of the molecule is Cc1c(OCCCN(C)C)cccc1C(=O)O. The lowest BCUT2D eigenvalue weighted by Gasteiger charge is -2.12. The molecule has 4 nitrogen and oxygen atoms in total. The Labute approximate surface area is 102 Å². The Balaban J connectivity index is 2.59. The number of aromatic carboxylic acids is 1. The zero-order chi connectivity index (χ0) is 12.8. The van der Waals surface area contributed by atoms with Gasteiger partial charge < -0.3 is 14.7 Å². The fourth-order valence-electron chi connectivity index (χ4n) is 1.57. The number of hydrogen-bond donors (Lipinski definition) is 1. The second kappa shape index (κ2) is 6.25. The van der Waals surface area contributed by atoms with Crippen molar-refractivity contribution in [3.8, 4) is 5.75 Å². The summed E-state index contributed by atoms with van der Waals surface area (Å²) in [5.74, 6) is -0.259. The molecule has 0 bridgehead atoms. The minimum atomic E-state index is -0.916. The monoisotopic (exact) mass is 237 g/mol. The highest BCUT2D eigenvalue weighted by Gasteiger charge is 2.10. The zero-order valence-electron chi connectivity index (χ0n) is 10.6. The maximum atomic E-state index is 10.9. The Hall–Kier alpha value is -1.55. The molecule has 0 aromatic heterocycles. The van der Waals surface area contributed by atoms with Gasteiger partial charge in [0, 0.05) is 12.1 Å². The van der Waals surface area contributed by atoms with Gasteiger partial charge in [-0.25, -0.2) is 4.79 Å². The van der Waals surface area contributed by atoms with E-state index >= 15 is 0 Å². The van der Waals surface area contributed by atoms with E-state index < -0.39 is 5.97 Å². The minimum Gasteiger partial charge on any atom is -0.493 e.